The van der Waals surface area contributed by atoms with Gasteiger partial charge in [-0.25, -0.2) is 13.2 Å². The van der Waals surface area contributed by atoms with Crippen LogP contribution in [0.25, 0.3) is 10.8 Å². The summed E-state index contributed by atoms with van der Waals surface area (Å²) in [6.07, 6.45) is 4.28. The van der Waals surface area contributed by atoms with Crippen molar-refractivity contribution in [3.05, 3.63) is 42.5 Å². The molecule has 3 fully saturated rings. The zero-order valence-corrected chi connectivity index (χ0v) is 18.3. The fraction of sp³-hybridized carbons (Fsp3) is 0.522. The van der Waals surface area contributed by atoms with E-state index in [1.807, 2.05) is 35.2 Å². The highest BCUT2D eigenvalue weighted by molar-refractivity contribution is 7.89. The van der Waals surface area contributed by atoms with Gasteiger partial charge in [0.1, 0.15) is 0 Å². The summed E-state index contributed by atoms with van der Waals surface area (Å²) < 4.78 is 28.4. The van der Waals surface area contributed by atoms with Crippen LogP contribution in [0.5, 0.6) is 0 Å². The van der Waals surface area contributed by atoms with Crippen LogP contribution in [0.2, 0.25) is 0 Å². The van der Waals surface area contributed by atoms with Crippen LogP contribution < -0.4 is 5.32 Å². The van der Waals surface area contributed by atoms with E-state index in [0.717, 1.165) is 30.0 Å². The summed E-state index contributed by atoms with van der Waals surface area (Å²) in [5.41, 5.74) is 0. The van der Waals surface area contributed by atoms with Gasteiger partial charge in [0.2, 0.25) is 10.0 Å². The van der Waals surface area contributed by atoms with E-state index in [0.29, 0.717) is 30.7 Å². The van der Waals surface area contributed by atoms with Crippen LogP contribution in [0.15, 0.2) is 47.4 Å². The summed E-state index contributed by atoms with van der Waals surface area (Å²) in [6, 6.07) is 12.7. The third kappa shape index (κ3) is 3.81. The Hall–Kier alpha value is -2.16. The lowest BCUT2D eigenvalue weighted by Gasteiger charge is -2.39. The van der Waals surface area contributed by atoms with Crippen LogP contribution in [0.1, 0.15) is 38.5 Å². The number of benzene rings is 2. The molecule has 0 aromatic heterocycles. The van der Waals surface area contributed by atoms with Gasteiger partial charge in [-0.3, -0.25) is 0 Å². The molecule has 2 aromatic rings. The lowest BCUT2D eigenvalue weighted by Crippen LogP contribution is -2.57. The maximum Gasteiger partial charge on any atom is 0.318 e. The molecule has 0 saturated carbocycles. The van der Waals surface area contributed by atoms with E-state index in [2.05, 4.69) is 5.32 Å². The van der Waals surface area contributed by atoms with Crippen molar-refractivity contribution < 1.29 is 18.3 Å². The molecule has 8 heteroatoms. The van der Waals surface area contributed by atoms with Crippen molar-refractivity contribution in [1.29, 1.82) is 0 Å². The third-order valence-corrected chi connectivity index (χ3v) is 8.95. The van der Waals surface area contributed by atoms with Crippen LogP contribution in [0.4, 0.5) is 4.79 Å². The number of rotatable bonds is 3. The molecule has 2 amide bonds. The molecular formula is C23H29N3O4S. The number of nitrogens with zero attached hydrogens (tertiary/aromatic N) is 2. The van der Waals surface area contributed by atoms with Gasteiger partial charge < -0.3 is 15.3 Å². The summed E-state index contributed by atoms with van der Waals surface area (Å²) >= 11 is 0. The van der Waals surface area contributed by atoms with Gasteiger partial charge in [0, 0.05) is 36.6 Å². The van der Waals surface area contributed by atoms with Crippen LogP contribution in [-0.4, -0.2) is 66.1 Å². The molecule has 3 heterocycles. The van der Waals surface area contributed by atoms with Crippen LogP contribution in [0.3, 0.4) is 0 Å². The number of fused-ring (bicyclic) bond motifs is 3. The van der Waals surface area contributed by atoms with Crippen molar-refractivity contribution in [2.24, 2.45) is 0 Å². The molecule has 5 rings (SSSR count). The molecule has 3 saturated heterocycles. The second-order valence-electron chi connectivity index (χ2n) is 9.05. The van der Waals surface area contributed by atoms with Gasteiger partial charge in [-0.05, 0) is 50.0 Å². The average Bonchev–Trinajstić information content (AvgIpc) is 3.05. The first-order valence-corrected chi connectivity index (χ1v) is 12.6. The smallest absolute Gasteiger partial charge is 0.318 e. The topological polar surface area (TPSA) is 90.0 Å². The molecule has 3 aliphatic rings. The number of hydrogen-bond acceptors (Lipinski definition) is 4. The van der Waals surface area contributed by atoms with E-state index in [-0.39, 0.29) is 36.8 Å². The van der Waals surface area contributed by atoms with Crippen molar-refractivity contribution in [3.8, 4) is 0 Å². The lowest BCUT2D eigenvalue weighted by molar-refractivity contribution is 0.0528. The third-order valence-electron chi connectivity index (χ3n) is 7.02. The van der Waals surface area contributed by atoms with Crippen molar-refractivity contribution >= 4 is 26.8 Å². The van der Waals surface area contributed by atoms with Gasteiger partial charge in [0.05, 0.1) is 11.0 Å². The van der Waals surface area contributed by atoms with E-state index < -0.39 is 10.0 Å². The fourth-order valence-electron chi connectivity index (χ4n) is 5.57. The number of piperidine rings is 2. The van der Waals surface area contributed by atoms with E-state index in [1.54, 1.807) is 12.1 Å². The average molecular weight is 444 g/mol. The Labute approximate surface area is 183 Å². The van der Waals surface area contributed by atoms with Gasteiger partial charge in [-0.2, -0.15) is 4.31 Å². The number of hydrogen-bond donors (Lipinski definition) is 2. The van der Waals surface area contributed by atoms with Crippen LogP contribution >= 0.6 is 0 Å². The summed E-state index contributed by atoms with van der Waals surface area (Å²) in [5.74, 6) is 0. The predicted molar refractivity (Wildman–Crippen MR) is 118 cm³/mol. The first-order valence-electron chi connectivity index (χ1n) is 11.2. The van der Waals surface area contributed by atoms with E-state index in [1.165, 1.54) is 4.31 Å². The molecule has 166 valence electrons. The number of amides is 2. The SMILES string of the molecule is O=C(N[C@H]1CCCN(S(=O)(=O)c2cccc3ccccc23)C1)N1C2CCC1CC(O)C2. The van der Waals surface area contributed by atoms with E-state index >= 15 is 0 Å². The van der Waals surface area contributed by atoms with Gasteiger partial charge in [-0.15, -0.1) is 0 Å². The summed E-state index contributed by atoms with van der Waals surface area (Å²) in [7, 11) is -3.66. The monoisotopic (exact) mass is 443 g/mol. The molecule has 0 radical (unpaired) electrons. The molecule has 2 bridgehead atoms. The van der Waals surface area contributed by atoms with E-state index in [4.69, 9.17) is 0 Å². The normalized spacial score (nSPS) is 29.3. The molecule has 31 heavy (non-hydrogen) atoms. The van der Waals surface area contributed by atoms with Gasteiger partial charge >= 0.3 is 6.03 Å². The highest BCUT2D eigenvalue weighted by atomic mass is 32.2. The number of aliphatic hydroxyl groups excluding tert-OH is 1. The molecule has 3 aliphatic heterocycles. The Morgan fingerprint density at radius 2 is 1.71 bits per heavy atom. The Morgan fingerprint density at radius 3 is 2.48 bits per heavy atom. The molecular weight excluding hydrogens is 414 g/mol. The number of aliphatic hydroxyl groups is 1. The maximum atomic E-state index is 13.5. The number of nitrogens with one attached hydrogen (secondary N) is 1. The Balaban J connectivity index is 1.32. The second kappa shape index (κ2) is 8.07. The first kappa shape index (κ1) is 20.7. The van der Waals surface area contributed by atoms with Gasteiger partial charge in [0.25, 0.3) is 0 Å². The number of carbonyl (C=O) groups excluding carboxylic acids is 1. The summed E-state index contributed by atoms with van der Waals surface area (Å²) in [5, 5.41) is 14.7. The summed E-state index contributed by atoms with van der Waals surface area (Å²) in [4.78, 5) is 15.2. The minimum Gasteiger partial charge on any atom is -0.393 e. The Bertz CT molecular complexity index is 1070. The largest absolute Gasteiger partial charge is 0.393 e. The van der Waals surface area contributed by atoms with Crippen molar-refractivity contribution in [3.63, 3.8) is 0 Å². The Morgan fingerprint density at radius 1 is 1.00 bits per heavy atom. The van der Waals surface area contributed by atoms with Gasteiger partial charge in [-0.1, -0.05) is 36.4 Å². The predicted octanol–water partition coefficient (Wildman–Crippen LogP) is 2.69. The van der Waals surface area contributed by atoms with Crippen LogP contribution in [0, 0.1) is 0 Å². The molecule has 3 atom stereocenters. The molecule has 0 aliphatic carbocycles. The highest BCUT2D eigenvalue weighted by Gasteiger charge is 2.43. The first-order chi connectivity index (χ1) is 14.9. The minimum absolute atomic E-state index is 0.0906. The maximum absolute atomic E-state index is 13.5. The number of carbonyl (C=O) groups is 1. The Kier molecular flexibility index (Phi) is 5.40. The molecule has 0 spiro atoms. The van der Waals surface area contributed by atoms with E-state index in [9.17, 15) is 18.3 Å². The zero-order chi connectivity index (χ0) is 21.6. The number of sulfonamides is 1. The number of urea groups is 1. The fourth-order valence-corrected chi connectivity index (χ4v) is 7.31. The van der Waals surface area contributed by atoms with Crippen molar-refractivity contribution in [2.75, 3.05) is 13.1 Å². The standard InChI is InChI=1S/C23H29N3O4S/c27-20-13-18-10-11-19(14-20)26(18)23(28)24-17-7-4-12-25(15-17)31(29,30)22-9-3-6-16-5-1-2-8-21(16)22/h1-3,5-6,8-9,17-20,27H,4,7,10-15H2,(H,24,28)/t17-,18?,19?,20?/m0/s1. The van der Waals surface area contributed by atoms with Gasteiger partial charge in [0.15, 0.2) is 0 Å². The van der Waals surface area contributed by atoms with Crippen LogP contribution in [-0.2, 0) is 10.0 Å². The molecule has 2 aromatic carbocycles. The molecule has 2 unspecified atom stereocenters. The zero-order valence-electron chi connectivity index (χ0n) is 17.5. The quantitative estimate of drug-likeness (QED) is 0.763. The van der Waals surface area contributed by atoms with Crippen molar-refractivity contribution in [2.45, 2.75) is 67.6 Å². The molecule has 7 nitrogen and oxygen atoms in total. The summed E-state index contributed by atoms with van der Waals surface area (Å²) in [6.45, 7) is 0.738. The van der Waals surface area contributed by atoms with Crippen molar-refractivity contribution in [1.82, 2.24) is 14.5 Å². The lowest BCUT2D eigenvalue weighted by atomic mass is 10.0. The molecule has 2 N–H and O–H groups in total. The minimum atomic E-state index is -3.66. The second-order valence-corrected chi connectivity index (χ2v) is 11.0. The highest BCUT2D eigenvalue weighted by Crippen LogP contribution is 2.36.